The van der Waals surface area contributed by atoms with Gasteiger partial charge in [0.1, 0.15) is 0 Å². The number of aryl methyl sites for hydroxylation is 1. The number of hydrogen-bond acceptors (Lipinski definition) is 2. The Morgan fingerprint density at radius 3 is 2.58 bits per heavy atom. The van der Waals surface area contributed by atoms with Crippen LogP contribution in [0, 0.1) is 6.92 Å². The number of hydrogen-bond donors (Lipinski definition) is 1. The number of thiophene rings is 1. The maximum absolute atomic E-state index is 6.26. The van der Waals surface area contributed by atoms with Crippen molar-refractivity contribution in [1.29, 1.82) is 0 Å². The third-order valence-electron chi connectivity index (χ3n) is 2.99. The maximum atomic E-state index is 6.26. The summed E-state index contributed by atoms with van der Waals surface area (Å²) >= 11 is 14.0. The second-order valence-corrected chi connectivity index (χ2v) is 6.66. The van der Waals surface area contributed by atoms with E-state index in [0.717, 1.165) is 23.6 Å². The van der Waals surface area contributed by atoms with Gasteiger partial charge < -0.3 is 5.32 Å². The van der Waals surface area contributed by atoms with Crippen LogP contribution >= 0.6 is 34.5 Å². The van der Waals surface area contributed by atoms with Gasteiger partial charge in [-0.25, -0.2) is 0 Å². The lowest BCUT2D eigenvalue weighted by atomic mass is 10.0. The molecule has 0 saturated carbocycles. The number of likely N-dealkylation sites (N-methyl/N-ethyl adjacent to an activating group) is 1. The molecule has 1 nitrogen and oxygen atoms in total. The summed E-state index contributed by atoms with van der Waals surface area (Å²) < 4.78 is 0. The highest BCUT2D eigenvalue weighted by atomic mass is 35.5. The second kappa shape index (κ2) is 6.76. The molecule has 0 aliphatic heterocycles. The molecular formula is C15H17Cl2NS. The third-order valence-corrected chi connectivity index (χ3v) is 4.70. The minimum atomic E-state index is 0.308. The summed E-state index contributed by atoms with van der Waals surface area (Å²) in [5, 5.41) is 4.94. The van der Waals surface area contributed by atoms with Gasteiger partial charge in [0.2, 0.25) is 0 Å². The molecule has 2 rings (SSSR count). The van der Waals surface area contributed by atoms with Crippen LogP contribution < -0.4 is 5.32 Å². The van der Waals surface area contributed by atoms with E-state index in [1.807, 2.05) is 23.5 Å². The summed E-state index contributed by atoms with van der Waals surface area (Å²) in [6.07, 6.45) is 0.879. The molecule has 1 N–H and O–H groups in total. The van der Waals surface area contributed by atoms with Gasteiger partial charge in [-0.2, -0.15) is 0 Å². The first kappa shape index (κ1) is 14.9. The highest BCUT2D eigenvalue weighted by Crippen LogP contribution is 2.29. The molecule has 1 aromatic carbocycles. The van der Waals surface area contributed by atoms with Gasteiger partial charge in [0.05, 0.1) is 0 Å². The van der Waals surface area contributed by atoms with Crippen LogP contribution in [0.2, 0.25) is 10.0 Å². The summed E-state index contributed by atoms with van der Waals surface area (Å²) in [5.74, 6) is 0. The lowest BCUT2D eigenvalue weighted by Crippen LogP contribution is -2.22. The zero-order valence-corrected chi connectivity index (χ0v) is 13.4. The molecule has 1 atom stereocenters. The molecule has 0 bridgehead atoms. The highest BCUT2D eigenvalue weighted by molar-refractivity contribution is 7.12. The molecule has 0 aliphatic carbocycles. The van der Waals surface area contributed by atoms with Crippen LogP contribution in [0.15, 0.2) is 30.3 Å². The predicted molar refractivity (Wildman–Crippen MR) is 85.6 cm³/mol. The molecule has 0 saturated heterocycles. The fourth-order valence-electron chi connectivity index (χ4n) is 2.07. The Hall–Kier alpha value is -0.540. The molecule has 4 heteroatoms. The quantitative estimate of drug-likeness (QED) is 0.794. The van der Waals surface area contributed by atoms with Gasteiger partial charge in [-0.1, -0.05) is 36.2 Å². The van der Waals surface area contributed by atoms with Gasteiger partial charge in [-0.3, -0.25) is 0 Å². The summed E-state index contributed by atoms with van der Waals surface area (Å²) in [6.45, 7) is 5.19. The monoisotopic (exact) mass is 313 g/mol. The molecule has 102 valence electrons. The number of nitrogens with one attached hydrogen (secondary N) is 1. The topological polar surface area (TPSA) is 12.0 Å². The van der Waals surface area contributed by atoms with Crippen LogP contribution in [0.1, 0.15) is 28.3 Å². The Labute approximate surface area is 128 Å². The second-order valence-electron chi connectivity index (χ2n) is 4.50. The number of rotatable bonds is 5. The molecule has 0 aliphatic rings. The average molecular weight is 314 g/mol. The van der Waals surface area contributed by atoms with E-state index < -0.39 is 0 Å². The van der Waals surface area contributed by atoms with Crippen molar-refractivity contribution in [2.45, 2.75) is 26.3 Å². The van der Waals surface area contributed by atoms with Gasteiger partial charge in [-0.15, -0.1) is 11.3 Å². The molecule has 0 amide bonds. The smallest absolute Gasteiger partial charge is 0.0456 e. The Balaban J connectivity index is 2.21. The minimum Gasteiger partial charge on any atom is -0.309 e. The van der Waals surface area contributed by atoms with E-state index in [1.165, 1.54) is 9.75 Å². The van der Waals surface area contributed by atoms with E-state index in [0.29, 0.717) is 11.1 Å². The molecule has 0 radical (unpaired) electrons. The fraction of sp³-hybridized carbons (Fsp3) is 0.333. The SMILES string of the molecule is CCNC(Cc1ccc(Cl)cc1Cl)c1ccc(C)s1. The van der Waals surface area contributed by atoms with Crippen molar-refractivity contribution in [1.82, 2.24) is 5.32 Å². The Kier molecular flexibility index (Phi) is 5.28. The summed E-state index contributed by atoms with van der Waals surface area (Å²) in [7, 11) is 0. The van der Waals surface area contributed by atoms with Crippen LogP contribution in [0.4, 0.5) is 0 Å². The molecule has 1 aromatic heterocycles. The normalized spacial score (nSPS) is 12.6. The first-order chi connectivity index (χ1) is 9.10. The lowest BCUT2D eigenvalue weighted by molar-refractivity contribution is 0.558. The zero-order valence-electron chi connectivity index (χ0n) is 11.0. The van der Waals surface area contributed by atoms with E-state index in [1.54, 1.807) is 6.07 Å². The van der Waals surface area contributed by atoms with Gasteiger partial charge in [0, 0.05) is 25.8 Å². The number of halogens is 2. The Bertz CT molecular complexity index is 551. The molecule has 1 heterocycles. The minimum absolute atomic E-state index is 0.308. The van der Waals surface area contributed by atoms with Gasteiger partial charge in [-0.05, 0) is 49.7 Å². The highest BCUT2D eigenvalue weighted by Gasteiger charge is 2.14. The van der Waals surface area contributed by atoms with Crippen molar-refractivity contribution < 1.29 is 0 Å². The van der Waals surface area contributed by atoms with Crippen molar-refractivity contribution in [2.75, 3.05) is 6.54 Å². The van der Waals surface area contributed by atoms with Gasteiger partial charge >= 0.3 is 0 Å². The summed E-state index contributed by atoms with van der Waals surface area (Å²) in [5.41, 5.74) is 1.13. The van der Waals surface area contributed by atoms with Crippen molar-refractivity contribution in [3.05, 3.63) is 55.7 Å². The van der Waals surface area contributed by atoms with Crippen LogP contribution in [0.25, 0.3) is 0 Å². The van der Waals surface area contributed by atoms with Crippen molar-refractivity contribution in [3.8, 4) is 0 Å². The van der Waals surface area contributed by atoms with Gasteiger partial charge in [0.15, 0.2) is 0 Å². The molecular weight excluding hydrogens is 297 g/mol. The first-order valence-electron chi connectivity index (χ1n) is 6.33. The van der Waals surface area contributed by atoms with Gasteiger partial charge in [0.25, 0.3) is 0 Å². The largest absolute Gasteiger partial charge is 0.309 e. The molecule has 0 fully saturated rings. The lowest BCUT2D eigenvalue weighted by Gasteiger charge is -2.17. The third kappa shape index (κ3) is 3.96. The van der Waals surface area contributed by atoms with E-state index in [4.69, 9.17) is 23.2 Å². The van der Waals surface area contributed by atoms with Crippen LogP contribution in [0.3, 0.4) is 0 Å². The van der Waals surface area contributed by atoms with Crippen molar-refractivity contribution in [3.63, 3.8) is 0 Å². The van der Waals surface area contributed by atoms with E-state index in [9.17, 15) is 0 Å². The summed E-state index contributed by atoms with van der Waals surface area (Å²) in [4.78, 5) is 2.69. The molecule has 0 spiro atoms. The van der Waals surface area contributed by atoms with E-state index in [-0.39, 0.29) is 0 Å². The fourth-order valence-corrected chi connectivity index (χ4v) is 3.51. The summed E-state index contributed by atoms with van der Waals surface area (Å²) in [6, 6.07) is 10.4. The van der Waals surface area contributed by atoms with E-state index >= 15 is 0 Å². The van der Waals surface area contributed by atoms with Crippen molar-refractivity contribution >= 4 is 34.5 Å². The Morgan fingerprint density at radius 2 is 2.00 bits per heavy atom. The van der Waals surface area contributed by atoms with Crippen LogP contribution in [0.5, 0.6) is 0 Å². The van der Waals surface area contributed by atoms with Crippen LogP contribution in [-0.4, -0.2) is 6.54 Å². The van der Waals surface area contributed by atoms with Crippen LogP contribution in [-0.2, 0) is 6.42 Å². The zero-order chi connectivity index (χ0) is 13.8. The standard InChI is InChI=1S/C15H17Cl2NS/c1-3-18-14(15-7-4-10(2)19-15)8-11-5-6-12(16)9-13(11)17/h4-7,9,14,18H,3,8H2,1-2H3. The molecule has 19 heavy (non-hydrogen) atoms. The maximum Gasteiger partial charge on any atom is 0.0456 e. The molecule has 1 unspecified atom stereocenters. The van der Waals surface area contributed by atoms with Crippen molar-refractivity contribution in [2.24, 2.45) is 0 Å². The first-order valence-corrected chi connectivity index (χ1v) is 7.91. The number of benzene rings is 1. The predicted octanol–water partition coefficient (Wildman–Crippen LogP) is 5.26. The Morgan fingerprint density at radius 1 is 1.21 bits per heavy atom. The average Bonchev–Trinajstić information content (AvgIpc) is 2.78. The van der Waals surface area contributed by atoms with E-state index in [2.05, 4.69) is 31.3 Å². The molecule has 2 aromatic rings.